The zero-order valence-corrected chi connectivity index (χ0v) is 11.9. The van der Waals surface area contributed by atoms with Gasteiger partial charge in [-0.25, -0.2) is 0 Å². The van der Waals surface area contributed by atoms with Crippen molar-refractivity contribution in [3.05, 3.63) is 35.4 Å². The number of ether oxygens (including phenoxy) is 1. The van der Waals surface area contributed by atoms with Gasteiger partial charge in [0.15, 0.2) is 0 Å². The van der Waals surface area contributed by atoms with Crippen LogP contribution < -0.4 is 5.73 Å². The van der Waals surface area contributed by atoms with E-state index in [2.05, 4.69) is 21.8 Å². The molecule has 6 heteroatoms. The molecule has 1 unspecified atom stereocenters. The number of hydrogen-bond donors (Lipinski definition) is 1. The van der Waals surface area contributed by atoms with E-state index in [0.717, 1.165) is 13.0 Å². The molecule has 0 bridgehead atoms. The maximum absolute atomic E-state index is 12.0. The van der Waals surface area contributed by atoms with E-state index in [-0.39, 0.29) is 12.6 Å². The highest BCUT2D eigenvalue weighted by molar-refractivity contribution is 5.32. The number of fused-ring (bicyclic) bond motifs is 1. The van der Waals surface area contributed by atoms with Gasteiger partial charge in [-0.1, -0.05) is 24.3 Å². The molecule has 1 atom stereocenters. The lowest BCUT2D eigenvalue weighted by molar-refractivity contribution is -0.174. The topological polar surface area (TPSA) is 38.5 Å². The molecule has 1 aromatic rings. The van der Waals surface area contributed by atoms with Gasteiger partial charge in [0.1, 0.15) is 6.61 Å². The van der Waals surface area contributed by atoms with Crippen molar-refractivity contribution < 1.29 is 17.9 Å². The maximum atomic E-state index is 12.0. The molecule has 1 aliphatic heterocycles. The first-order chi connectivity index (χ1) is 10.0. The summed E-state index contributed by atoms with van der Waals surface area (Å²) in [7, 11) is 0. The summed E-state index contributed by atoms with van der Waals surface area (Å²) in [4.78, 5) is 2.24. The summed E-state index contributed by atoms with van der Waals surface area (Å²) in [5.74, 6) is 0. The van der Waals surface area contributed by atoms with E-state index in [1.165, 1.54) is 11.1 Å². The van der Waals surface area contributed by atoms with Crippen LogP contribution in [0.5, 0.6) is 0 Å². The van der Waals surface area contributed by atoms with Crippen LogP contribution in [0, 0.1) is 0 Å². The first kappa shape index (κ1) is 16.3. The highest BCUT2D eigenvalue weighted by Crippen LogP contribution is 2.28. The molecule has 0 fully saturated rings. The van der Waals surface area contributed by atoms with Crippen molar-refractivity contribution >= 4 is 0 Å². The Balaban J connectivity index is 1.82. The normalized spacial score (nSPS) is 19.5. The monoisotopic (exact) mass is 302 g/mol. The van der Waals surface area contributed by atoms with Gasteiger partial charge in [0.25, 0.3) is 0 Å². The number of nitrogens with two attached hydrogens (primary N) is 1. The Bertz CT molecular complexity index is 451. The Hall–Kier alpha value is -1.11. The van der Waals surface area contributed by atoms with Crippen LogP contribution in [0.3, 0.4) is 0 Å². The van der Waals surface area contributed by atoms with Crippen LogP contribution in [0.2, 0.25) is 0 Å². The lowest BCUT2D eigenvalue weighted by atomic mass is 9.92. The van der Waals surface area contributed by atoms with Gasteiger partial charge in [-0.2, -0.15) is 13.2 Å². The van der Waals surface area contributed by atoms with Gasteiger partial charge in [-0.05, 0) is 24.0 Å². The van der Waals surface area contributed by atoms with Crippen molar-refractivity contribution in [1.29, 1.82) is 0 Å². The molecule has 3 nitrogen and oxygen atoms in total. The molecule has 1 aromatic carbocycles. The molecule has 0 saturated carbocycles. The predicted molar refractivity (Wildman–Crippen MR) is 75.0 cm³/mol. The fourth-order valence-corrected chi connectivity index (χ4v) is 2.80. The van der Waals surface area contributed by atoms with Crippen molar-refractivity contribution in [2.75, 3.05) is 32.8 Å². The third-order valence-corrected chi connectivity index (χ3v) is 3.75. The Morgan fingerprint density at radius 2 is 2.05 bits per heavy atom. The number of nitrogens with zero attached hydrogens (tertiary/aromatic N) is 1. The van der Waals surface area contributed by atoms with Crippen molar-refractivity contribution in [2.45, 2.75) is 25.1 Å². The highest BCUT2D eigenvalue weighted by atomic mass is 19.4. The number of hydrogen-bond acceptors (Lipinski definition) is 3. The summed E-state index contributed by atoms with van der Waals surface area (Å²) in [5, 5.41) is 0. The molecule has 2 rings (SSSR count). The van der Waals surface area contributed by atoms with Crippen LogP contribution >= 0.6 is 0 Å². The van der Waals surface area contributed by atoms with Crippen molar-refractivity contribution in [3.8, 4) is 0 Å². The molecule has 1 heterocycles. The van der Waals surface area contributed by atoms with E-state index >= 15 is 0 Å². The second-order valence-electron chi connectivity index (χ2n) is 5.26. The standard InChI is InChI=1S/C15H21F3N2O/c16-15(17,18)11-21-9-3-7-20-8-6-12-4-1-2-5-13(12)14(20)10-19/h1-2,4-5,14H,3,6-11,19H2. The molecule has 0 spiro atoms. The summed E-state index contributed by atoms with van der Waals surface area (Å²) >= 11 is 0. The van der Waals surface area contributed by atoms with Crippen LogP contribution in [-0.4, -0.2) is 43.9 Å². The van der Waals surface area contributed by atoms with Crippen LogP contribution in [0.1, 0.15) is 23.6 Å². The fraction of sp³-hybridized carbons (Fsp3) is 0.600. The van der Waals surface area contributed by atoms with E-state index in [0.29, 0.717) is 19.5 Å². The van der Waals surface area contributed by atoms with Gasteiger partial charge >= 0.3 is 6.18 Å². The Labute approximate surface area is 122 Å². The summed E-state index contributed by atoms with van der Waals surface area (Å²) in [6.07, 6.45) is -2.71. The summed E-state index contributed by atoms with van der Waals surface area (Å²) in [5.41, 5.74) is 8.43. The van der Waals surface area contributed by atoms with Crippen LogP contribution in [-0.2, 0) is 11.2 Å². The highest BCUT2D eigenvalue weighted by Gasteiger charge is 2.28. The number of rotatable bonds is 6. The third-order valence-electron chi connectivity index (χ3n) is 3.75. The zero-order valence-electron chi connectivity index (χ0n) is 11.9. The third kappa shape index (κ3) is 4.69. The van der Waals surface area contributed by atoms with Crippen molar-refractivity contribution in [3.63, 3.8) is 0 Å². The van der Waals surface area contributed by atoms with Gasteiger partial charge in [-0.3, -0.25) is 4.90 Å². The van der Waals surface area contributed by atoms with Gasteiger partial charge < -0.3 is 10.5 Å². The maximum Gasteiger partial charge on any atom is 0.411 e. The lowest BCUT2D eigenvalue weighted by Crippen LogP contribution is -2.40. The van der Waals surface area contributed by atoms with E-state index in [1.54, 1.807) is 0 Å². The molecule has 21 heavy (non-hydrogen) atoms. The van der Waals surface area contributed by atoms with Crippen LogP contribution in [0.4, 0.5) is 13.2 Å². The summed E-state index contributed by atoms with van der Waals surface area (Å²) < 4.78 is 40.5. The van der Waals surface area contributed by atoms with Crippen molar-refractivity contribution in [1.82, 2.24) is 4.90 Å². The van der Waals surface area contributed by atoms with Crippen LogP contribution in [0.15, 0.2) is 24.3 Å². The average Bonchev–Trinajstić information content (AvgIpc) is 2.45. The second kappa shape index (κ2) is 7.24. The molecule has 118 valence electrons. The summed E-state index contributed by atoms with van der Waals surface area (Å²) in [6.45, 7) is 1.05. The molecule has 1 aliphatic rings. The molecule has 0 saturated heterocycles. The predicted octanol–water partition coefficient (Wildman–Crippen LogP) is 2.51. The number of benzene rings is 1. The zero-order chi connectivity index (χ0) is 15.3. The average molecular weight is 302 g/mol. The van der Waals surface area contributed by atoms with E-state index in [9.17, 15) is 13.2 Å². The Morgan fingerprint density at radius 1 is 1.29 bits per heavy atom. The SMILES string of the molecule is NCC1c2ccccc2CCN1CCCOCC(F)(F)F. The minimum atomic E-state index is -4.25. The molecular weight excluding hydrogens is 281 g/mol. The number of halogens is 3. The minimum absolute atomic E-state index is 0.120. The first-order valence-corrected chi connectivity index (χ1v) is 7.17. The van der Waals surface area contributed by atoms with Gasteiger partial charge in [0.05, 0.1) is 0 Å². The molecule has 0 radical (unpaired) electrons. The molecule has 0 aromatic heterocycles. The number of alkyl halides is 3. The quantitative estimate of drug-likeness (QED) is 0.821. The lowest BCUT2D eigenvalue weighted by Gasteiger charge is -2.36. The van der Waals surface area contributed by atoms with Crippen LogP contribution in [0.25, 0.3) is 0 Å². The second-order valence-corrected chi connectivity index (χ2v) is 5.26. The summed E-state index contributed by atoms with van der Waals surface area (Å²) in [6, 6.07) is 8.36. The van der Waals surface area contributed by atoms with Crippen molar-refractivity contribution in [2.24, 2.45) is 5.73 Å². The first-order valence-electron chi connectivity index (χ1n) is 7.17. The molecule has 2 N–H and O–H groups in total. The molecule has 0 aliphatic carbocycles. The molecular formula is C15H21F3N2O. The largest absolute Gasteiger partial charge is 0.411 e. The van der Waals surface area contributed by atoms with Gasteiger partial charge in [0, 0.05) is 32.3 Å². The fourth-order valence-electron chi connectivity index (χ4n) is 2.80. The van der Waals surface area contributed by atoms with Gasteiger partial charge in [0.2, 0.25) is 0 Å². The Morgan fingerprint density at radius 3 is 2.76 bits per heavy atom. The van der Waals surface area contributed by atoms with E-state index in [4.69, 9.17) is 5.73 Å². The Kier molecular flexibility index (Phi) is 5.61. The van der Waals surface area contributed by atoms with E-state index < -0.39 is 12.8 Å². The van der Waals surface area contributed by atoms with E-state index in [1.807, 2.05) is 12.1 Å². The minimum Gasteiger partial charge on any atom is -0.372 e. The van der Waals surface area contributed by atoms with Gasteiger partial charge in [-0.15, -0.1) is 0 Å². The molecule has 0 amide bonds. The smallest absolute Gasteiger partial charge is 0.372 e.